The lowest BCUT2D eigenvalue weighted by atomic mass is 9.87. The number of benzene rings is 6. The van der Waals surface area contributed by atoms with Crippen molar-refractivity contribution in [1.82, 2.24) is 0 Å². The number of anilines is 2. The lowest BCUT2D eigenvalue weighted by molar-refractivity contribution is 0.324. The largest absolute Gasteiger partial charge is 0.494 e. The van der Waals surface area contributed by atoms with Gasteiger partial charge in [0.05, 0.1) is 61.1 Å². The van der Waals surface area contributed by atoms with E-state index >= 15 is 0 Å². The Labute approximate surface area is 379 Å². The van der Waals surface area contributed by atoms with Gasteiger partial charge in [-0.15, -0.1) is 0 Å². The van der Waals surface area contributed by atoms with E-state index < -0.39 is 5.82 Å². The molecule has 9 nitrogen and oxygen atoms in total. The molecule has 0 aliphatic rings. The van der Waals surface area contributed by atoms with Crippen molar-refractivity contribution < 1.29 is 37.5 Å². The quantitative estimate of drug-likeness (QED) is 0.0678. The van der Waals surface area contributed by atoms with Gasteiger partial charge < -0.3 is 42.6 Å². The highest BCUT2D eigenvalue weighted by atomic mass is 32.2. The summed E-state index contributed by atoms with van der Waals surface area (Å²) in [4.78, 5) is 1.92. The Balaban J connectivity index is 0.000000238. The first-order chi connectivity index (χ1) is 30.4. The SMILES string of the molecule is COc1cc(/C=C\c2ccccc2NSc2cccc(C(C)(C)C)c2)cc(OC)c1OC.COc1ccc(SNc2ccccc2/C=C\c2cc(OC)c(OC)c(OC)c2)cc1F. The molecule has 0 unspecified atom stereocenters. The van der Waals surface area contributed by atoms with Crippen LogP contribution in [0.25, 0.3) is 24.3 Å². The predicted octanol–water partition coefficient (Wildman–Crippen LogP) is 13.4. The summed E-state index contributed by atoms with van der Waals surface area (Å²) in [5, 5.41) is 0. The number of methoxy groups -OCH3 is 7. The van der Waals surface area contributed by atoms with Crippen LogP contribution in [0.2, 0.25) is 0 Å². The molecule has 0 fully saturated rings. The number of hydrogen-bond acceptors (Lipinski definition) is 11. The zero-order chi connectivity index (χ0) is 45.4. The van der Waals surface area contributed by atoms with Gasteiger partial charge in [-0.2, -0.15) is 0 Å². The van der Waals surface area contributed by atoms with Crippen molar-refractivity contribution in [3.05, 3.63) is 149 Å². The van der Waals surface area contributed by atoms with Crippen LogP contribution >= 0.6 is 23.9 Å². The minimum atomic E-state index is -0.398. The molecule has 0 spiro atoms. The van der Waals surface area contributed by atoms with E-state index in [0.717, 1.165) is 38.5 Å². The van der Waals surface area contributed by atoms with Gasteiger partial charge in [-0.3, -0.25) is 0 Å². The summed E-state index contributed by atoms with van der Waals surface area (Å²) in [6.07, 6.45) is 8.06. The van der Waals surface area contributed by atoms with E-state index in [2.05, 4.69) is 72.7 Å². The van der Waals surface area contributed by atoms with Crippen molar-refractivity contribution in [2.45, 2.75) is 36.0 Å². The van der Waals surface area contributed by atoms with Gasteiger partial charge in [-0.1, -0.05) is 93.6 Å². The van der Waals surface area contributed by atoms with Gasteiger partial charge in [-0.05, 0) is 124 Å². The zero-order valence-electron chi connectivity index (χ0n) is 37.3. The molecule has 0 heterocycles. The number of para-hydroxylation sites is 2. The second-order valence-electron chi connectivity index (χ2n) is 14.7. The Kier molecular flexibility index (Phi) is 17.5. The van der Waals surface area contributed by atoms with Gasteiger partial charge in [0, 0.05) is 9.79 Å². The third-order valence-electron chi connectivity index (χ3n) is 9.59. The molecule has 0 saturated carbocycles. The highest BCUT2D eigenvalue weighted by molar-refractivity contribution is 8.00. The number of nitrogens with one attached hydrogen (secondary N) is 2. The third kappa shape index (κ3) is 13.1. The van der Waals surface area contributed by atoms with Crippen LogP contribution in [0.5, 0.6) is 40.2 Å². The van der Waals surface area contributed by atoms with Crippen molar-refractivity contribution in [1.29, 1.82) is 0 Å². The predicted molar refractivity (Wildman–Crippen MR) is 260 cm³/mol. The minimum Gasteiger partial charge on any atom is -0.494 e. The fourth-order valence-corrected chi connectivity index (χ4v) is 7.66. The average Bonchev–Trinajstić information content (AvgIpc) is 3.31. The summed E-state index contributed by atoms with van der Waals surface area (Å²) in [5.74, 6) is 3.40. The molecule has 6 aromatic carbocycles. The molecule has 12 heteroatoms. The van der Waals surface area contributed by atoms with E-state index in [1.807, 2.05) is 78.9 Å². The van der Waals surface area contributed by atoms with Gasteiger partial charge in [0.2, 0.25) is 11.5 Å². The van der Waals surface area contributed by atoms with E-state index in [1.54, 1.807) is 66.7 Å². The van der Waals surface area contributed by atoms with Crippen molar-refractivity contribution in [2.75, 3.05) is 59.2 Å². The fraction of sp³-hybridized carbons (Fsp3) is 0.216. The molecule has 6 rings (SSSR count). The Morgan fingerprint density at radius 3 is 1.27 bits per heavy atom. The van der Waals surface area contributed by atoms with Crippen molar-refractivity contribution >= 4 is 59.6 Å². The van der Waals surface area contributed by atoms with Crippen molar-refractivity contribution in [3.8, 4) is 40.2 Å². The Morgan fingerprint density at radius 1 is 0.444 bits per heavy atom. The molecule has 0 aliphatic carbocycles. The highest BCUT2D eigenvalue weighted by Gasteiger charge is 2.15. The molecule has 0 aromatic heterocycles. The maximum Gasteiger partial charge on any atom is 0.203 e. The molecule has 0 radical (unpaired) electrons. The second kappa shape index (κ2) is 23.2. The molecule has 63 heavy (non-hydrogen) atoms. The summed E-state index contributed by atoms with van der Waals surface area (Å²) < 4.78 is 58.2. The number of hydrogen-bond donors (Lipinski definition) is 2. The van der Waals surface area contributed by atoms with Crippen molar-refractivity contribution in [3.63, 3.8) is 0 Å². The summed E-state index contributed by atoms with van der Waals surface area (Å²) >= 11 is 2.94. The maximum atomic E-state index is 13.9. The Hall–Kier alpha value is -6.37. The lowest BCUT2D eigenvalue weighted by Gasteiger charge is -2.19. The van der Waals surface area contributed by atoms with Gasteiger partial charge in [-0.25, -0.2) is 4.39 Å². The van der Waals surface area contributed by atoms with Crippen molar-refractivity contribution in [2.24, 2.45) is 0 Å². The molecule has 0 aliphatic heterocycles. The van der Waals surface area contributed by atoms with Crippen LogP contribution in [0, 0.1) is 5.82 Å². The van der Waals surface area contributed by atoms with Crippen LogP contribution in [-0.4, -0.2) is 49.8 Å². The highest BCUT2D eigenvalue weighted by Crippen LogP contribution is 2.40. The topological polar surface area (TPSA) is 88.7 Å². The first kappa shape index (κ1) is 47.7. The first-order valence-electron chi connectivity index (χ1n) is 19.9. The van der Waals surface area contributed by atoms with Crippen LogP contribution in [-0.2, 0) is 5.41 Å². The summed E-state index contributed by atoms with van der Waals surface area (Å²) in [6, 6.07) is 37.2. The van der Waals surface area contributed by atoms with Gasteiger partial charge >= 0.3 is 0 Å². The summed E-state index contributed by atoms with van der Waals surface area (Å²) in [5.41, 5.74) is 7.29. The fourth-order valence-electron chi connectivity index (χ4n) is 6.20. The molecule has 0 amide bonds. The minimum absolute atomic E-state index is 0.123. The van der Waals surface area contributed by atoms with Gasteiger partial charge in [0.15, 0.2) is 34.6 Å². The van der Waals surface area contributed by atoms with Crippen LogP contribution in [0.4, 0.5) is 15.8 Å². The summed E-state index contributed by atoms with van der Waals surface area (Å²) in [6.45, 7) is 6.69. The number of halogens is 1. The van der Waals surface area contributed by atoms with Crippen LogP contribution in [0.15, 0.2) is 125 Å². The smallest absolute Gasteiger partial charge is 0.203 e. The van der Waals surface area contributed by atoms with Gasteiger partial charge in [0.25, 0.3) is 0 Å². The van der Waals surface area contributed by atoms with Crippen LogP contribution in [0.3, 0.4) is 0 Å². The van der Waals surface area contributed by atoms with E-state index in [0.29, 0.717) is 34.5 Å². The molecule has 0 atom stereocenters. The summed E-state index contributed by atoms with van der Waals surface area (Å²) in [7, 11) is 11.0. The van der Waals surface area contributed by atoms with E-state index in [1.165, 1.54) is 35.6 Å². The van der Waals surface area contributed by atoms with Crippen LogP contribution in [0.1, 0.15) is 48.6 Å². The van der Waals surface area contributed by atoms with Gasteiger partial charge in [0.1, 0.15) is 0 Å². The van der Waals surface area contributed by atoms with E-state index in [9.17, 15) is 4.39 Å². The van der Waals surface area contributed by atoms with E-state index in [-0.39, 0.29) is 11.2 Å². The molecular formula is C51H55FN2O7S2. The normalized spacial score (nSPS) is 11.1. The van der Waals surface area contributed by atoms with E-state index in [4.69, 9.17) is 33.2 Å². The first-order valence-corrected chi connectivity index (χ1v) is 21.5. The van der Waals surface area contributed by atoms with Crippen LogP contribution < -0.4 is 42.6 Å². The monoisotopic (exact) mass is 890 g/mol. The lowest BCUT2D eigenvalue weighted by Crippen LogP contribution is -2.10. The number of rotatable bonds is 17. The standard InChI is InChI=1S/C27H31NO3S.C24H24FNO4S/c1-27(2,3)21-11-9-12-22(18-21)32-28-23-13-8-7-10-20(23)15-14-19-16-24(29-4)26(31-6)25(17-19)30-5;1-27-21-12-11-18(15-19(21)25)31-26-20-8-6-5-7-17(20)10-9-16-13-22(28-2)24(30-4)23(14-16)29-3/h7-18,28H,1-6H3;5-15,26H,1-4H3/b15-14-;10-9-. The second-order valence-corrected chi connectivity index (χ2v) is 16.5. The molecule has 2 N–H and O–H groups in total. The Bertz CT molecular complexity index is 2450. The molecule has 330 valence electrons. The Morgan fingerprint density at radius 2 is 0.873 bits per heavy atom. The average molecular weight is 891 g/mol. The molecule has 0 saturated heterocycles. The third-order valence-corrected chi connectivity index (χ3v) is 11.2. The maximum absolute atomic E-state index is 13.9. The zero-order valence-corrected chi connectivity index (χ0v) is 39.0. The number of ether oxygens (including phenoxy) is 7. The molecule has 6 aromatic rings. The molecular weight excluding hydrogens is 836 g/mol. The molecule has 0 bridgehead atoms.